The van der Waals surface area contributed by atoms with Crippen molar-refractivity contribution in [1.82, 2.24) is 9.80 Å². The topological polar surface area (TPSA) is 66.6 Å². The Morgan fingerprint density at radius 1 is 1.00 bits per heavy atom. The Labute approximate surface area is 97.6 Å². The second-order valence-electron chi connectivity index (χ2n) is 4.14. The molecule has 2 amide bonds. The Morgan fingerprint density at radius 3 is 2.12 bits per heavy atom. The molecule has 0 bridgehead atoms. The van der Waals surface area contributed by atoms with Crippen LogP contribution in [-0.4, -0.2) is 55.8 Å². The van der Waals surface area contributed by atoms with Gasteiger partial charge in [-0.15, -0.1) is 0 Å². The van der Waals surface area contributed by atoms with E-state index in [4.69, 9.17) is 5.73 Å². The van der Waals surface area contributed by atoms with E-state index in [2.05, 4.69) is 0 Å². The van der Waals surface area contributed by atoms with Crippen LogP contribution in [-0.2, 0) is 9.59 Å². The Balaban J connectivity index is 3.77. The van der Waals surface area contributed by atoms with Crippen LogP contribution in [0.2, 0.25) is 0 Å². The van der Waals surface area contributed by atoms with Crippen LogP contribution in [0.4, 0.5) is 0 Å². The monoisotopic (exact) mass is 229 g/mol. The van der Waals surface area contributed by atoms with Gasteiger partial charge in [0.15, 0.2) is 0 Å². The molecule has 0 unspecified atom stereocenters. The third kappa shape index (κ3) is 6.40. The smallest absolute Gasteiger partial charge is 0.241 e. The molecule has 5 heteroatoms. The summed E-state index contributed by atoms with van der Waals surface area (Å²) in [6, 6.07) is 0. The minimum absolute atomic E-state index is 0.0206. The van der Waals surface area contributed by atoms with Crippen molar-refractivity contribution in [3.63, 3.8) is 0 Å². The van der Waals surface area contributed by atoms with Gasteiger partial charge in [0.25, 0.3) is 0 Å². The number of carbonyl (C=O) groups is 2. The van der Waals surface area contributed by atoms with Crippen molar-refractivity contribution in [3.8, 4) is 0 Å². The van der Waals surface area contributed by atoms with Crippen LogP contribution >= 0.6 is 0 Å². The number of likely N-dealkylation sites (N-methyl/N-ethyl adjacent to an activating group) is 2. The second-order valence-corrected chi connectivity index (χ2v) is 4.14. The highest BCUT2D eigenvalue weighted by atomic mass is 16.2. The summed E-state index contributed by atoms with van der Waals surface area (Å²) in [6.07, 6.45) is 3.26. The van der Waals surface area contributed by atoms with Gasteiger partial charge in [-0.1, -0.05) is 6.42 Å². The van der Waals surface area contributed by atoms with Crippen LogP contribution < -0.4 is 5.73 Å². The van der Waals surface area contributed by atoms with Crippen LogP contribution in [0, 0.1) is 0 Å². The van der Waals surface area contributed by atoms with Crippen molar-refractivity contribution in [2.45, 2.75) is 25.7 Å². The van der Waals surface area contributed by atoms with Crippen molar-refractivity contribution in [3.05, 3.63) is 0 Å². The largest absolute Gasteiger partial charge is 0.347 e. The fraction of sp³-hybridized carbons (Fsp3) is 0.818. The Bertz CT molecular complexity index is 229. The zero-order chi connectivity index (χ0) is 12.6. The number of rotatable bonds is 7. The van der Waals surface area contributed by atoms with Crippen molar-refractivity contribution in [2.75, 3.05) is 34.2 Å². The third-order valence-electron chi connectivity index (χ3n) is 2.39. The van der Waals surface area contributed by atoms with Gasteiger partial charge in [-0.05, 0) is 19.4 Å². The number of unbranched alkanes of at least 4 members (excludes halogenated alkanes) is 2. The molecule has 0 aliphatic heterocycles. The van der Waals surface area contributed by atoms with E-state index in [1.54, 1.807) is 21.1 Å². The summed E-state index contributed by atoms with van der Waals surface area (Å²) in [6.45, 7) is 0.825. The molecule has 94 valence electrons. The van der Waals surface area contributed by atoms with E-state index < -0.39 is 0 Å². The summed E-state index contributed by atoms with van der Waals surface area (Å²) in [7, 11) is 5.02. The first kappa shape index (κ1) is 14.9. The third-order valence-corrected chi connectivity index (χ3v) is 2.39. The van der Waals surface area contributed by atoms with E-state index in [1.165, 1.54) is 9.80 Å². The van der Waals surface area contributed by atoms with Crippen LogP contribution in [0.3, 0.4) is 0 Å². The summed E-state index contributed by atoms with van der Waals surface area (Å²) in [4.78, 5) is 25.9. The molecule has 0 aromatic carbocycles. The molecule has 0 fully saturated rings. The first-order chi connectivity index (χ1) is 7.49. The van der Waals surface area contributed by atoms with Crippen LogP contribution in [0.15, 0.2) is 0 Å². The fourth-order valence-corrected chi connectivity index (χ4v) is 1.22. The van der Waals surface area contributed by atoms with Crippen molar-refractivity contribution in [1.29, 1.82) is 0 Å². The molecule has 0 radical (unpaired) electrons. The van der Waals surface area contributed by atoms with Crippen molar-refractivity contribution >= 4 is 11.8 Å². The summed E-state index contributed by atoms with van der Waals surface area (Å²) < 4.78 is 0. The molecule has 0 spiro atoms. The van der Waals surface area contributed by atoms with Gasteiger partial charge in [0.1, 0.15) is 0 Å². The van der Waals surface area contributed by atoms with E-state index in [0.717, 1.165) is 19.3 Å². The molecule has 2 N–H and O–H groups in total. The van der Waals surface area contributed by atoms with E-state index in [1.807, 2.05) is 0 Å². The predicted octanol–water partition coefficient (Wildman–Crippen LogP) is 0.0521. The number of hydrogen-bond donors (Lipinski definition) is 1. The van der Waals surface area contributed by atoms with Gasteiger partial charge in [-0.3, -0.25) is 9.59 Å². The van der Waals surface area contributed by atoms with E-state index in [9.17, 15) is 9.59 Å². The highest BCUT2D eigenvalue weighted by Crippen LogP contribution is 2.01. The molecular weight excluding hydrogens is 206 g/mol. The maximum absolute atomic E-state index is 11.6. The number of amides is 2. The molecule has 0 aromatic heterocycles. The standard InChI is InChI=1S/C11H23N3O2/c1-13(2)11(16)9-14(3)10(15)7-5-4-6-8-12/h4-9,12H2,1-3H3. The predicted molar refractivity (Wildman–Crippen MR) is 63.9 cm³/mol. The fourth-order valence-electron chi connectivity index (χ4n) is 1.22. The molecule has 0 saturated carbocycles. The van der Waals surface area contributed by atoms with Gasteiger partial charge in [-0.25, -0.2) is 0 Å². The average Bonchev–Trinajstić information content (AvgIpc) is 2.23. The number of carbonyl (C=O) groups excluding carboxylic acids is 2. The Morgan fingerprint density at radius 2 is 1.62 bits per heavy atom. The van der Waals surface area contributed by atoms with Crippen LogP contribution in [0.1, 0.15) is 25.7 Å². The molecule has 0 heterocycles. The number of nitrogens with two attached hydrogens (primary N) is 1. The summed E-state index contributed by atoms with van der Waals surface area (Å²) >= 11 is 0. The molecule has 0 aliphatic carbocycles. The zero-order valence-corrected chi connectivity index (χ0v) is 10.5. The van der Waals surface area contributed by atoms with Gasteiger partial charge < -0.3 is 15.5 Å². The lowest BCUT2D eigenvalue weighted by molar-refractivity contribution is -0.138. The SMILES string of the molecule is CN(C)C(=O)CN(C)C(=O)CCCCCN. The summed E-state index contributed by atoms with van der Waals surface area (Å²) in [5.74, 6) is -0.0370. The van der Waals surface area contributed by atoms with Crippen LogP contribution in [0.5, 0.6) is 0 Å². The van der Waals surface area contributed by atoms with Crippen molar-refractivity contribution in [2.24, 2.45) is 5.73 Å². The molecule has 0 atom stereocenters. The normalized spacial score (nSPS) is 10.0. The molecular formula is C11H23N3O2. The second kappa shape index (κ2) is 8.10. The number of hydrogen-bond acceptors (Lipinski definition) is 3. The maximum atomic E-state index is 11.6. The first-order valence-electron chi connectivity index (χ1n) is 5.63. The van der Waals surface area contributed by atoms with Gasteiger partial charge in [0.05, 0.1) is 6.54 Å². The Kier molecular flexibility index (Phi) is 7.54. The highest BCUT2D eigenvalue weighted by molar-refractivity contribution is 5.84. The van der Waals surface area contributed by atoms with Crippen LogP contribution in [0.25, 0.3) is 0 Å². The van der Waals surface area contributed by atoms with E-state index in [0.29, 0.717) is 13.0 Å². The molecule has 0 saturated heterocycles. The van der Waals surface area contributed by atoms with Crippen molar-refractivity contribution < 1.29 is 9.59 Å². The van der Waals surface area contributed by atoms with Gasteiger partial charge in [0.2, 0.25) is 11.8 Å². The molecule has 0 aliphatic rings. The minimum atomic E-state index is -0.0576. The van der Waals surface area contributed by atoms with Gasteiger partial charge in [0, 0.05) is 27.6 Å². The maximum Gasteiger partial charge on any atom is 0.241 e. The zero-order valence-electron chi connectivity index (χ0n) is 10.5. The van der Waals surface area contributed by atoms with E-state index >= 15 is 0 Å². The number of nitrogens with zero attached hydrogens (tertiary/aromatic N) is 2. The Hall–Kier alpha value is -1.10. The molecule has 16 heavy (non-hydrogen) atoms. The molecule has 0 aromatic rings. The van der Waals surface area contributed by atoms with Gasteiger partial charge >= 0.3 is 0 Å². The lowest BCUT2D eigenvalue weighted by Gasteiger charge is -2.19. The highest BCUT2D eigenvalue weighted by Gasteiger charge is 2.13. The minimum Gasteiger partial charge on any atom is -0.347 e. The summed E-state index contributed by atoms with van der Waals surface area (Å²) in [5, 5.41) is 0. The van der Waals surface area contributed by atoms with E-state index in [-0.39, 0.29) is 18.4 Å². The quantitative estimate of drug-likeness (QED) is 0.627. The molecule has 5 nitrogen and oxygen atoms in total. The molecule has 0 rings (SSSR count). The first-order valence-corrected chi connectivity index (χ1v) is 5.63. The summed E-state index contributed by atoms with van der Waals surface area (Å²) in [5.41, 5.74) is 5.36. The van der Waals surface area contributed by atoms with Gasteiger partial charge in [-0.2, -0.15) is 0 Å². The average molecular weight is 229 g/mol. The lowest BCUT2D eigenvalue weighted by Crippen LogP contribution is -2.37. The lowest BCUT2D eigenvalue weighted by atomic mass is 10.2.